The van der Waals surface area contributed by atoms with E-state index in [9.17, 15) is 4.79 Å². The molecule has 1 aromatic rings. The monoisotopic (exact) mass is 213 g/mol. The van der Waals surface area contributed by atoms with E-state index in [1.807, 2.05) is 42.5 Å². The molecule has 2 aliphatic rings. The van der Waals surface area contributed by atoms with Crippen LogP contribution in [0, 0.1) is 0 Å². The molecule has 1 aliphatic carbocycles. The van der Waals surface area contributed by atoms with Crippen LogP contribution in [0.15, 0.2) is 48.6 Å². The summed E-state index contributed by atoms with van der Waals surface area (Å²) in [5, 5.41) is 2.94. The van der Waals surface area contributed by atoms with Crippen LogP contribution in [0.3, 0.4) is 0 Å². The van der Waals surface area contributed by atoms with E-state index >= 15 is 0 Å². The topological polar surface area (TPSA) is 38.3 Å². The Labute approximate surface area is 93.4 Å². The first-order valence-electron chi connectivity index (χ1n) is 5.26. The van der Waals surface area contributed by atoms with Crippen molar-refractivity contribution in [1.82, 2.24) is 5.32 Å². The number of fused-ring (bicyclic) bond motifs is 2. The maximum Gasteiger partial charge on any atom is 0.255 e. The van der Waals surface area contributed by atoms with E-state index in [0.29, 0.717) is 11.3 Å². The van der Waals surface area contributed by atoms with E-state index in [-0.39, 0.29) is 18.1 Å². The molecule has 0 spiro atoms. The average molecular weight is 213 g/mol. The van der Waals surface area contributed by atoms with E-state index in [1.165, 1.54) is 0 Å². The lowest BCUT2D eigenvalue weighted by atomic mass is 10.1. The Morgan fingerprint density at radius 1 is 1.12 bits per heavy atom. The van der Waals surface area contributed by atoms with Gasteiger partial charge in [-0.2, -0.15) is 0 Å². The second kappa shape index (κ2) is 3.52. The Kier molecular flexibility index (Phi) is 2.03. The number of ether oxygens (including phenoxy) is 1. The Morgan fingerprint density at radius 3 is 2.88 bits per heavy atom. The summed E-state index contributed by atoms with van der Waals surface area (Å²) >= 11 is 0. The lowest BCUT2D eigenvalue weighted by molar-refractivity contribution is 0.0940. The molecule has 3 nitrogen and oxygen atoms in total. The van der Waals surface area contributed by atoms with Crippen molar-refractivity contribution in [2.45, 2.75) is 12.1 Å². The SMILES string of the molecule is O=C1NC2C=CC=CC2Oc2ccccc21. The third-order valence-electron chi connectivity index (χ3n) is 2.78. The molecule has 0 bridgehead atoms. The molecule has 0 fully saturated rings. The van der Waals surface area contributed by atoms with E-state index in [1.54, 1.807) is 6.07 Å². The first-order chi connectivity index (χ1) is 7.84. The van der Waals surface area contributed by atoms with Crippen molar-refractivity contribution in [1.29, 1.82) is 0 Å². The molecule has 80 valence electrons. The minimum Gasteiger partial charge on any atom is -0.483 e. The zero-order chi connectivity index (χ0) is 11.0. The quantitative estimate of drug-likeness (QED) is 0.712. The van der Waals surface area contributed by atoms with Crippen LogP contribution in [-0.4, -0.2) is 18.1 Å². The fraction of sp³-hybridized carbons (Fsp3) is 0.154. The van der Waals surface area contributed by atoms with Gasteiger partial charge in [-0.3, -0.25) is 4.79 Å². The van der Waals surface area contributed by atoms with Gasteiger partial charge in [-0.1, -0.05) is 30.4 Å². The number of benzene rings is 1. The van der Waals surface area contributed by atoms with Gasteiger partial charge in [-0.25, -0.2) is 0 Å². The highest BCUT2D eigenvalue weighted by molar-refractivity contribution is 5.97. The molecule has 3 rings (SSSR count). The van der Waals surface area contributed by atoms with Crippen molar-refractivity contribution in [3.8, 4) is 5.75 Å². The molecule has 16 heavy (non-hydrogen) atoms. The van der Waals surface area contributed by atoms with Crippen molar-refractivity contribution >= 4 is 5.91 Å². The van der Waals surface area contributed by atoms with E-state index in [4.69, 9.17) is 4.74 Å². The summed E-state index contributed by atoms with van der Waals surface area (Å²) in [6, 6.07) is 7.22. The zero-order valence-corrected chi connectivity index (χ0v) is 8.59. The van der Waals surface area contributed by atoms with Crippen LogP contribution in [0.25, 0.3) is 0 Å². The molecule has 1 aliphatic heterocycles. The summed E-state index contributed by atoms with van der Waals surface area (Å²) in [6.07, 6.45) is 7.63. The average Bonchev–Trinajstić information content (AvgIpc) is 2.45. The van der Waals surface area contributed by atoms with Gasteiger partial charge in [0.1, 0.15) is 11.9 Å². The van der Waals surface area contributed by atoms with Gasteiger partial charge in [0.25, 0.3) is 5.91 Å². The smallest absolute Gasteiger partial charge is 0.255 e. The first-order valence-corrected chi connectivity index (χ1v) is 5.26. The summed E-state index contributed by atoms with van der Waals surface area (Å²) in [7, 11) is 0. The highest BCUT2D eigenvalue weighted by Crippen LogP contribution is 2.25. The highest BCUT2D eigenvalue weighted by atomic mass is 16.5. The number of para-hydroxylation sites is 1. The van der Waals surface area contributed by atoms with Gasteiger partial charge < -0.3 is 10.1 Å². The van der Waals surface area contributed by atoms with Crippen LogP contribution in [0.4, 0.5) is 0 Å². The molecule has 2 atom stereocenters. The Morgan fingerprint density at radius 2 is 1.94 bits per heavy atom. The number of carbonyl (C=O) groups excluding carboxylic acids is 1. The van der Waals surface area contributed by atoms with Crippen LogP contribution >= 0.6 is 0 Å². The largest absolute Gasteiger partial charge is 0.483 e. The van der Waals surface area contributed by atoms with Crippen LogP contribution in [0.2, 0.25) is 0 Å². The predicted molar refractivity (Wildman–Crippen MR) is 60.4 cm³/mol. The van der Waals surface area contributed by atoms with Gasteiger partial charge in [0.15, 0.2) is 0 Å². The van der Waals surface area contributed by atoms with Gasteiger partial charge in [-0.15, -0.1) is 0 Å². The zero-order valence-electron chi connectivity index (χ0n) is 8.59. The molecule has 0 radical (unpaired) electrons. The molecule has 3 heteroatoms. The van der Waals surface area contributed by atoms with Crippen molar-refractivity contribution in [2.24, 2.45) is 0 Å². The molecule has 2 unspecified atom stereocenters. The molecular formula is C13H11NO2. The number of hydrogen-bond acceptors (Lipinski definition) is 2. The molecule has 0 saturated heterocycles. The second-order valence-electron chi connectivity index (χ2n) is 3.85. The van der Waals surface area contributed by atoms with Gasteiger partial charge in [0.2, 0.25) is 0 Å². The fourth-order valence-electron chi connectivity index (χ4n) is 1.96. The van der Waals surface area contributed by atoms with Gasteiger partial charge in [0.05, 0.1) is 11.6 Å². The molecule has 0 saturated carbocycles. The number of amides is 1. The summed E-state index contributed by atoms with van der Waals surface area (Å²) in [4.78, 5) is 11.9. The predicted octanol–water partition coefficient (Wildman–Crippen LogP) is 1.67. The summed E-state index contributed by atoms with van der Waals surface area (Å²) in [6.45, 7) is 0. The van der Waals surface area contributed by atoms with Crippen molar-refractivity contribution in [3.05, 3.63) is 54.1 Å². The summed E-state index contributed by atoms with van der Waals surface area (Å²) in [5.41, 5.74) is 0.596. The number of rotatable bonds is 0. The lowest BCUT2D eigenvalue weighted by Crippen LogP contribution is -2.42. The number of hydrogen-bond donors (Lipinski definition) is 1. The third-order valence-corrected chi connectivity index (χ3v) is 2.78. The van der Waals surface area contributed by atoms with Crippen LogP contribution in [0.5, 0.6) is 5.75 Å². The summed E-state index contributed by atoms with van der Waals surface area (Å²) < 4.78 is 5.81. The van der Waals surface area contributed by atoms with Crippen molar-refractivity contribution < 1.29 is 9.53 Å². The van der Waals surface area contributed by atoms with Gasteiger partial charge in [0, 0.05) is 0 Å². The molecule has 1 heterocycles. The normalized spacial score (nSPS) is 26.1. The number of nitrogens with one attached hydrogen (secondary N) is 1. The highest BCUT2D eigenvalue weighted by Gasteiger charge is 2.28. The van der Waals surface area contributed by atoms with Crippen LogP contribution in [-0.2, 0) is 0 Å². The Balaban J connectivity index is 2.04. The first kappa shape index (κ1) is 9.21. The van der Waals surface area contributed by atoms with E-state index in [2.05, 4.69) is 5.32 Å². The Hall–Kier alpha value is -2.03. The minimum atomic E-state index is -0.113. The number of allylic oxidation sites excluding steroid dienone is 2. The van der Waals surface area contributed by atoms with Crippen LogP contribution in [0.1, 0.15) is 10.4 Å². The maximum absolute atomic E-state index is 11.9. The molecule has 1 amide bonds. The van der Waals surface area contributed by atoms with Gasteiger partial charge in [-0.05, 0) is 18.2 Å². The summed E-state index contributed by atoms with van der Waals surface area (Å²) in [5.74, 6) is 0.565. The lowest BCUT2D eigenvalue weighted by Gasteiger charge is -2.22. The molecular weight excluding hydrogens is 202 g/mol. The molecule has 0 aromatic heterocycles. The molecule has 1 aromatic carbocycles. The van der Waals surface area contributed by atoms with Crippen molar-refractivity contribution in [2.75, 3.05) is 0 Å². The van der Waals surface area contributed by atoms with Gasteiger partial charge >= 0.3 is 0 Å². The fourth-order valence-corrected chi connectivity index (χ4v) is 1.96. The number of carbonyl (C=O) groups is 1. The minimum absolute atomic E-state index is 0.0788. The third kappa shape index (κ3) is 1.41. The van der Waals surface area contributed by atoms with E-state index in [0.717, 1.165) is 0 Å². The Bertz CT molecular complexity index is 490. The van der Waals surface area contributed by atoms with Crippen molar-refractivity contribution in [3.63, 3.8) is 0 Å². The van der Waals surface area contributed by atoms with E-state index < -0.39 is 0 Å². The van der Waals surface area contributed by atoms with Crippen LogP contribution < -0.4 is 10.1 Å². The standard InChI is InChI=1S/C13H11NO2/c15-13-9-5-1-3-7-11(9)16-12-8-4-2-6-10(12)14-13/h1-8,10,12H,(H,14,15). The molecule has 1 N–H and O–H groups in total. The maximum atomic E-state index is 11.9. The second-order valence-corrected chi connectivity index (χ2v) is 3.85.